The van der Waals surface area contributed by atoms with Gasteiger partial charge in [-0.05, 0) is 32.0 Å². The zero-order valence-corrected chi connectivity index (χ0v) is 12.1. The van der Waals surface area contributed by atoms with Crippen molar-refractivity contribution in [2.24, 2.45) is 0 Å². The molecule has 1 atom stereocenters. The van der Waals surface area contributed by atoms with Gasteiger partial charge < -0.3 is 4.90 Å². The lowest BCUT2D eigenvalue weighted by Crippen LogP contribution is -2.33. The number of alkyl halides is 3. The third-order valence-corrected chi connectivity index (χ3v) is 3.63. The first kappa shape index (κ1) is 13.5. The van der Waals surface area contributed by atoms with E-state index in [0.717, 1.165) is 6.54 Å². The third-order valence-electron chi connectivity index (χ3n) is 3.27. The summed E-state index contributed by atoms with van der Waals surface area (Å²) >= 11 is 17.5. The first-order valence-electron chi connectivity index (χ1n) is 5.85. The molecule has 2 aliphatic rings. The molecule has 1 fully saturated rings. The van der Waals surface area contributed by atoms with Crippen LogP contribution >= 0.6 is 34.8 Å². The lowest BCUT2D eigenvalue weighted by Gasteiger charge is -2.30. The van der Waals surface area contributed by atoms with Gasteiger partial charge in [-0.1, -0.05) is 47.0 Å². The van der Waals surface area contributed by atoms with Crippen LogP contribution in [-0.2, 0) is 0 Å². The Morgan fingerprint density at radius 1 is 1.41 bits per heavy atom. The van der Waals surface area contributed by atoms with Crippen LogP contribution in [0.15, 0.2) is 23.9 Å². The van der Waals surface area contributed by atoms with Crippen molar-refractivity contribution < 1.29 is 0 Å². The van der Waals surface area contributed by atoms with Gasteiger partial charge in [-0.3, -0.25) is 4.90 Å². The Hall–Kier alpha value is 0.110. The molecule has 2 aliphatic heterocycles. The van der Waals surface area contributed by atoms with Gasteiger partial charge in [0.25, 0.3) is 0 Å². The van der Waals surface area contributed by atoms with Crippen LogP contribution in [0.25, 0.3) is 0 Å². The van der Waals surface area contributed by atoms with Crippen molar-refractivity contribution in [2.75, 3.05) is 26.7 Å². The zero-order valence-electron chi connectivity index (χ0n) is 9.87. The van der Waals surface area contributed by atoms with Crippen molar-refractivity contribution in [2.45, 2.75) is 22.7 Å². The summed E-state index contributed by atoms with van der Waals surface area (Å²) in [6.45, 7) is 2.41. The van der Waals surface area contributed by atoms with E-state index in [1.54, 1.807) is 0 Å². The summed E-state index contributed by atoms with van der Waals surface area (Å²) in [4.78, 5) is 4.45. The molecular weight excluding hydrogens is 279 g/mol. The average Bonchev–Trinajstić information content (AvgIpc) is 2.62. The second kappa shape index (κ2) is 5.40. The van der Waals surface area contributed by atoms with Gasteiger partial charge in [0, 0.05) is 18.8 Å². The second-order valence-corrected chi connectivity index (χ2v) is 7.23. The molecule has 96 valence electrons. The average molecular weight is 296 g/mol. The predicted molar refractivity (Wildman–Crippen MR) is 74.7 cm³/mol. The molecule has 17 heavy (non-hydrogen) atoms. The number of likely N-dealkylation sites (N-methyl/N-ethyl adjacent to an activating group) is 1. The molecule has 1 saturated heterocycles. The summed E-state index contributed by atoms with van der Waals surface area (Å²) in [7, 11) is 2.17. The number of likely N-dealkylation sites (tertiary alicyclic amines) is 1. The smallest absolute Gasteiger partial charge is 0.207 e. The fourth-order valence-electron chi connectivity index (χ4n) is 2.50. The van der Waals surface area contributed by atoms with Crippen molar-refractivity contribution in [3.63, 3.8) is 0 Å². The van der Waals surface area contributed by atoms with Gasteiger partial charge in [0.2, 0.25) is 3.79 Å². The Balaban J connectivity index is 2.04. The van der Waals surface area contributed by atoms with Crippen molar-refractivity contribution in [1.82, 2.24) is 9.80 Å². The van der Waals surface area contributed by atoms with Crippen LogP contribution in [0.4, 0.5) is 0 Å². The van der Waals surface area contributed by atoms with Crippen molar-refractivity contribution in [3.05, 3.63) is 23.9 Å². The molecule has 0 bridgehead atoms. The summed E-state index contributed by atoms with van der Waals surface area (Å²) < 4.78 is -1.21. The third kappa shape index (κ3) is 3.78. The Kier molecular flexibility index (Phi) is 4.30. The summed E-state index contributed by atoms with van der Waals surface area (Å²) in [5, 5.41) is 0. The lowest BCUT2D eigenvalue weighted by molar-refractivity contribution is 0.337. The molecule has 0 radical (unpaired) electrons. The molecule has 5 heteroatoms. The molecule has 0 aromatic rings. The number of nitrogens with zero attached hydrogens (tertiary/aromatic N) is 2. The largest absolute Gasteiger partial charge is 0.369 e. The SMILES string of the molecule is CN1CCCC1C1=CN(CC(Cl)(Cl)Cl)CC=C1. The van der Waals surface area contributed by atoms with Crippen LogP contribution in [0.3, 0.4) is 0 Å². The topological polar surface area (TPSA) is 6.48 Å². The number of rotatable bonds is 2. The van der Waals surface area contributed by atoms with Crippen LogP contribution in [0.5, 0.6) is 0 Å². The van der Waals surface area contributed by atoms with Crippen molar-refractivity contribution in [3.8, 4) is 0 Å². The maximum absolute atomic E-state index is 5.83. The number of halogens is 3. The summed E-state index contributed by atoms with van der Waals surface area (Å²) in [6, 6.07) is 0.518. The van der Waals surface area contributed by atoms with Crippen LogP contribution in [-0.4, -0.2) is 46.3 Å². The highest BCUT2D eigenvalue weighted by atomic mass is 35.6. The fourth-order valence-corrected chi connectivity index (χ4v) is 2.96. The minimum atomic E-state index is -1.21. The standard InChI is InChI=1S/C12H17Cl3N2/c1-16-6-3-5-11(16)10-4-2-7-17(8-10)9-12(13,14)15/h2,4,8,11H,3,5-7,9H2,1H3. The van der Waals surface area contributed by atoms with E-state index in [2.05, 4.69) is 35.2 Å². The van der Waals surface area contributed by atoms with Crippen molar-refractivity contribution in [1.29, 1.82) is 0 Å². The molecule has 1 unspecified atom stereocenters. The van der Waals surface area contributed by atoms with E-state index in [4.69, 9.17) is 34.8 Å². The Labute approximate surface area is 118 Å². The first-order valence-corrected chi connectivity index (χ1v) is 6.98. The molecule has 0 N–H and O–H groups in total. The summed E-state index contributed by atoms with van der Waals surface area (Å²) in [6.07, 6.45) is 8.94. The molecular formula is C12H17Cl3N2. The molecule has 0 aliphatic carbocycles. The van der Waals surface area contributed by atoms with Crippen LogP contribution < -0.4 is 0 Å². The van der Waals surface area contributed by atoms with Crippen LogP contribution in [0.1, 0.15) is 12.8 Å². The Bertz CT molecular complexity index is 333. The van der Waals surface area contributed by atoms with E-state index in [-0.39, 0.29) is 0 Å². The van der Waals surface area contributed by atoms with Crippen LogP contribution in [0.2, 0.25) is 0 Å². The van der Waals surface area contributed by atoms with Gasteiger partial charge in [0.1, 0.15) is 0 Å². The molecule has 0 spiro atoms. The van der Waals surface area contributed by atoms with E-state index < -0.39 is 3.79 Å². The highest BCUT2D eigenvalue weighted by molar-refractivity contribution is 6.67. The van der Waals surface area contributed by atoms with Crippen molar-refractivity contribution >= 4 is 34.8 Å². The van der Waals surface area contributed by atoms with E-state index in [1.165, 1.54) is 25.0 Å². The Morgan fingerprint density at radius 2 is 2.18 bits per heavy atom. The van der Waals surface area contributed by atoms with Gasteiger partial charge in [0.15, 0.2) is 0 Å². The summed E-state index contributed by atoms with van der Waals surface area (Å²) in [5.41, 5.74) is 1.32. The number of hydrogen-bond acceptors (Lipinski definition) is 2. The van der Waals surface area contributed by atoms with E-state index in [9.17, 15) is 0 Å². The second-order valence-electron chi connectivity index (χ2n) is 4.71. The van der Waals surface area contributed by atoms with E-state index >= 15 is 0 Å². The highest BCUT2D eigenvalue weighted by Gasteiger charge is 2.27. The predicted octanol–water partition coefficient (Wildman–Crippen LogP) is 3.21. The first-order chi connectivity index (χ1) is 7.96. The minimum Gasteiger partial charge on any atom is -0.369 e. The van der Waals surface area contributed by atoms with Gasteiger partial charge >= 0.3 is 0 Å². The molecule has 2 heterocycles. The normalized spacial score (nSPS) is 26.5. The highest BCUT2D eigenvalue weighted by Crippen LogP contribution is 2.30. The quantitative estimate of drug-likeness (QED) is 0.722. The van der Waals surface area contributed by atoms with E-state index in [1.807, 2.05) is 0 Å². The maximum atomic E-state index is 5.83. The Morgan fingerprint density at radius 3 is 2.76 bits per heavy atom. The van der Waals surface area contributed by atoms with Crippen LogP contribution in [0, 0.1) is 0 Å². The molecule has 0 aromatic heterocycles. The van der Waals surface area contributed by atoms with Gasteiger partial charge in [-0.15, -0.1) is 0 Å². The maximum Gasteiger partial charge on any atom is 0.207 e. The van der Waals surface area contributed by atoms with Gasteiger partial charge in [0.05, 0.1) is 6.54 Å². The molecule has 0 aromatic carbocycles. The zero-order chi connectivity index (χ0) is 12.5. The number of hydrogen-bond donors (Lipinski definition) is 0. The lowest BCUT2D eigenvalue weighted by atomic mass is 10.0. The molecule has 0 saturated carbocycles. The van der Waals surface area contributed by atoms with Gasteiger partial charge in [-0.2, -0.15) is 0 Å². The molecule has 2 rings (SSSR count). The summed E-state index contributed by atoms with van der Waals surface area (Å²) in [5.74, 6) is 0. The molecule has 0 amide bonds. The fraction of sp³-hybridized carbons (Fsp3) is 0.667. The molecule has 2 nitrogen and oxygen atoms in total. The van der Waals surface area contributed by atoms with E-state index in [0.29, 0.717) is 12.6 Å². The minimum absolute atomic E-state index is 0.432. The monoisotopic (exact) mass is 294 g/mol. The van der Waals surface area contributed by atoms with Gasteiger partial charge in [-0.25, -0.2) is 0 Å².